The topological polar surface area (TPSA) is 50.4 Å². The number of rotatable bonds is 8. The molecule has 0 fully saturated rings. The summed E-state index contributed by atoms with van der Waals surface area (Å²) in [6.07, 6.45) is 1.13. The Kier molecular flexibility index (Phi) is 9.86. The lowest BCUT2D eigenvalue weighted by atomic mass is 10.1. The van der Waals surface area contributed by atoms with Crippen molar-refractivity contribution >= 4 is 18.3 Å². The van der Waals surface area contributed by atoms with Crippen molar-refractivity contribution in [1.82, 2.24) is 10.6 Å². The molecule has 0 aliphatic rings. The summed E-state index contributed by atoms with van der Waals surface area (Å²) in [5.41, 5.74) is 2.18. The maximum Gasteiger partial charge on any atom is 0.224 e. The Morgan fingerprint density at radius 3 is 2.59 bits per heavy atom. The minimum Gasteiger partial charge on any atom is -0.490 e. The summed E-state index contributed by atoms with van der Waals surface area (Å²) in [4.78, 5) is 12.0. The molecule has 22 heavy (non-hydrogen) atoms. The summed E-state index contributed by atoms with van der Waals surface area (Å²) >= 11 is 0. The molecule has 2 unspecified atom stereocenters. The van der Waals surface area contributed by atoms with Gasteiger partial charge in [-0.3, -0.25) is 4.79 Å². The van der Waals surface area contributed by atoms with E-state index in [-0.39, 0.29) is 30.3 Å². The van der Waals surface area contributed by atoms with Crippen molar-refractivity contribution in [2.75, 3.05) is 13.6 Å². The summed E-state index contributed by atoms with van der Waals surface area (Å²) in [6, 6.07) is 6.10. The van der Waals surface area contributed by atoms with Gasteiger partial charge in [-0.05, 0) is 38.9 Å². The van der Waals surface area contributed by atoms with Gasteiger partial charge in [-0.2, -0.15) is 0 Å². The predicted octanol–water partition coefficient (Wildman–Crippen LogP) is 3.07. The molecule has 1 aromatic rings. The van der Waals surface area contributed by atoms with Gasteiger partial charge >= 0.3 is 0 Å². The summed E-state index contributed by atoms with van der Waals surface area (Å²) < 4.78 is 5.95. The number of carbonyl (C=O) groups excluding carboxylic acids is 1. The molecule has 2 N–H and O–H groups in total. The molecule has 2 atom stereocenters. The highest BCUT2D eigenvalue weighted by atomic mass is 35.5. The Labute approximate surface area is 140 Å². The van der Waals surface area contributed by atoms with Gasteiger partial charge in [0.2, 0.25) is 5.91 Å². The highest BCUT2D eigenvalue weighted by Crippen LogP contribution is 2.22. The van der Waals surface area contributed by atoms with E-state index in [4.69, 9.17) is 4.74 Å². The average Bonchev–Trinajstić information content (AvgIpc) is 2.46. The lowest BCUT2D eigenvalue weighted by molar-refractivity contribution is -0.124. The molecule has 0 aromatic heterocycles. The van der Waals surface area contributed by atoms with Crippen LogP contribution in [0.15, 0.2) is 18.2 Å². The zero-order valence-corrected chi connectivity index (χ0v) is 15.0. The van der Waals surface area contributed by atoms with Crippen LogP contribution in [0.1, 0.15) is 38.3 Å². The molecule has 126 valence electrons. The maximum absolute atomic E-state index is 12.0. The fourth-order valence-corrected chi connectivity index (χ4v) is 1.97. The van der Waals surface area contributed by atoms with Gasteiger partial charge < -0.3 is 15.4 Å². The first kappa shape index (κ1) is 20.7. The van der Waals surface area contributed by atoms with Crippen molar-refractivity contribution < 1.29 is 9.53 Å². The molecule has 0 spiro atoms. The molecule has 0 radical (unpaired) electrons. The van der Waals surface area contributed by atoms with Gasteiger partial charge in [-0.15, -0.1) is 12.4 Å². The number of amides is 1. The van der Waals surface area contributed by atoms with Crippen LogP contribution in [-0.4, -0.2) is 25.6 Å². The molecule has 1 rings (SSSR count). The number of hydrogen-bond donors (Lipinski definition) is 2. The van der Waals surface area contributed by atoms with E-state index in [1.165, 1.54) is 0 Å². The van der Waals surface area contributed by atoms with Crippen LogP contribution in [0, 0.1) is 12.8 Å². The van der Waals surface area contributed by atoms with E-state index < -0.39 is 0 Å². The van der Waals surface area contributed by atoms with Crippen molar-refractivity contribution in [3.63, 3.8) is 0 Å². The maximum atomic E-state index is 12.0. The van der Waals surface area contributed by atoms with Crippen LogP contribution in [0.3, 0.4) is 0 Å². The SMILES string of the molecule is CCC(C)Oc1cc(C)ccc1CNC(=O)C(C)CNC.Cl. The van der Waals surface area contributed by atoms with E-state index in [2.05, 4.69) is 24.5 Å². The van der Waals surface area contributed by atoms with E-state index in [9.17, 15) is 4.79 Å². The van der Waals surface area contributed by atoms with E-state index in [0.717, 1.165) is 23.3 Å². The summed E-state index contributed by atoms with van der Waals surface area (Å²) in [5.74, 6) is 0.879. The second-order valence-corrected chi connectivity index (χ2v) is 5.62. The number of aryl methyl sites for hydroxylation is 1. The summed E-state index contributed by atoms with van der Waals surface area (Å²) in [6.45, 7) is 9.29. The highest BCUT2D eigenvalue weighted by molar-refractivity contribution is 5.85. The number of hydrogen-bond acceptors (Lipinski definition) is 3. The standard InChI is InChI=1S/C17H28N2O2.ClH/c1-6-14(4)21-16-9-12(2)7-8-15(16)11-19-17(20)13(3)10-18-5;/h7-9,13-14,18H,6,10-11H2,1-5H3,(H,19,20);1H. The first-order valence-electron chi connectivity index (χ1n) is 7.66. The zero-order chi connectivity index (χ0) is 15.8. The Balaban J connectivity index is 0.00000441. The molecule has 4 nitrogen and oxygen atoms in total. The zero-order valence-electron chi connectivity index (χ0n) is 14.2. The molecule has 1 amide bonds. The Hall–Kier alpha value is -1.26. The molecule has 5 heteroatoms. The molecule has 0 saturated carbocycles. The molecular formula is C17H29ClN2O2. The number of ether oxygens (including phenoxy) is 1. The summed E-state index contributed by atoms with van der Waals surface area (Å²) in [5, 5.41) is 5.99. The minimum atomic E-state index is -0.0422. The van der Waals surface area contributed by atoms with Crippen LogP contribution in [0.2, 0.25) is 0 Å². The lowest BCUT2D eigenvalue weighted by Crippen LogP contribution is -2.34. The Morgan fingerprint density at radius 2 is 2.00 bits per heavy atom. The largest absolute Gasteiger partial charge is 0.490 e. The van der Waals surface area contributed by atoms with Crippen molar-refractivity contribution in [2.24, 2.45) is 5.92 Å². The van der Waals surface area contributed by atoms with E-state index in [1.54, 1.807) is 0 Å². The molecular weight excluding hydrogens is 300 g/mol. The van der Waals surface area contributed by atoms with Gasteiger partial charge in [0.15, 0.2) is 0 Å². The first-order valence-corrected chi connectivity index (χ1v) is 7.66. The number of carbonyl (C=O) groups is 1. The van der Waals surface area contributed by atoms with Crippen LogP contribution in [0.25, 0.3) is 0 Å². The molecule has 0 heterocycles. The third-order valence-electron chi connectivity index (χ3n) is 3.54. The fourth-order valence-electron chi connectivity index (χ4n) is 1.97. The quantitative estimate of drug-likeness (QED) is 0.771. The van der Waals surface area contributed by atoms with Crippen molar-refractivity contribution in [2.45, 2.75) is 46.8 Å². The van der Waals surface area contributed by atoms with Crippen molar-refractivity contribution in [1.29, 1.82) is 0 Å². The number of nitrogens with one attached hydrogen (secondary N) is 2. The van der Waals surface area contributed by atoms with E-state index in [0.29, 0.717) is 13.1 Å². The van der Waals surface area contributed by atoms with Crippen LogP contribution in [-0.2, 0) is 11.3 Å². The van der Waals surface area contributed by atoms with Gasteiger partial charge in [0.1, 0.15) is 5.75 Å². The highest BCUT2D eigenvalue weighted by Gasteiger charge is 2.13. The lowest BCUT2D eigenvalue weighted by Gasteiger charge is -2.18. The van der Waals surface area contributed by atoms with Crippen LogP contribution in [0.5, 0.6) is 5.75 Å². The monoisotopic (exact) mass is 328 g/mol. The predicted molar refractivity (Wildman–Crippen MR) is 93.7 cm³/mol. The molecule has 0 aliphatic heterocycles. The minimum absolute atomic E-state index is 0. The average molecular weight is 329 g/mol. The number of benzene rings is 1. The van der Waals surface area contributed by atoms with Gasteiger partial charge in [-0.1, -0.05) is 26.0 Å². The van der Waals surface area contributed by atoms with Gasteiger partial charge in [-0.25, -0.2) is 0 Å². The smallest absolute Gasteiger partial charge is 0.224 e. The van der Waals surface area contributed by atoms with Crippen LogP contribution in [0.4, 0.5) is 0 Å². The second kappa shape index (κ2) is 10.5. The molecule has 0 bridgehead atoms. The fraction of sp³-hybridized carbons (Fsp3) is 0.588. The van der Waals surface area contributed by atoms with Gasteiger partial charge in [0, 0.05) is 24.6 Å². The molecule has 0 aliphatic carbocycles. The summed E-state index contributed by atoms with van der Waals surface area (Å²) in [7, 11) is 1.85. The van der Waals surface area contributed by atoms with E-state index >= 15 is 0 Å². The third-order valence-corrected chi connectivity index (χ3v) is 3.54. The van der Waals surface area contributed by atoms with Gasteiger partial charge in [0.05, 0.1) is 6.10 Å². The third kappa shape index (κ3) is 6.67. The molecule has 0 saturated heterocycles. The van der Waals surface area contributed by atoms with E-state index in [1.807, 2.05) is 39.1 Å². The van der Waals surface area contributed by atoms with Crippen LogP contribution < -0.4 is 15.4 Å². The normalized spacial score (nSPS) is 13.0. The first-order chi connectivity index (χ1) is 9.97. The van der Waals surface area contributed by atoms with Crippen LogP contribution >= 0.6 is 12.4 Å². The Morgan fingerprint density at radius 1 is 1.32 bits per heavy atom. The van der Waals surface area contributed by atoms with Crippen molar-refractivity contribution in [3.8, 4) is 5.75 Å². The Bertz CT molecular complexity index is 466. The number of halogens is 1. The van der Waals surface area contributed by atoms with Crippen molar-refractivity contribution in [3.05, 3.63) is 29.3 Å². The molecule has 1 aromatic carbocycles. The van der Waals surface area contributed by atoms with Gasteiger partial charge in [0.25, 0.3) is 0 Å². The second-order valence-electron chi connectivity index (χ2n) is 5.62.